The molecule has 9 heteroatoms. The highest BCUT2D eigenvalue weighted by atomic mass is 35.5. The summed E-state index contributed by atoms with van der Waals surface area (Å²) in [7, 11) is 3.95. The molecule has 1 N–H and O–H groups in total. The lowest BCUT2D eigenvalue weighted by atomic mass is 10.0. The number of ether oxygens (including phenoxy) is 1. The van der Waals surface area contributed by atoms with Gasteiger partial charge in [-0.05, 0) is 38.9 Å². The second-order valence-corrected chi connectivity index (χ2v) is 8.80. The Balaban J connectivity index is 0.00000160. The molecule has 5 nitrogen and oxygen atoms in total. The molecule has 0 aliphatic carbocycles. The van der Waals surface area contributed by atoms with Crippen LogP contribution < -0.4 is 15.9 Å². The Morgan fingerprint density at radius 3 is 2.87 bits per heavy atom. The Bertz CT molecular complexity index is 984. The summed E-state index contributed by atoms with van der Waals surface area (Å²) < 4.78 is 19.1. The third kappa shape index (κ3) is 5.08. The molecule has 0 spiro atoms. The second kappa shape index (κ2) is 10.8. The minimum atomic E-state index is -0.312. The number of nitrogens with one attached hydrogen (secondary N) is 1. The van der Waals surface area contributed by atoms with Crippen LogP contribution in [0.2, 0.25) is 0 Å². The van der Waals surface area contributed by atoms with Gasteiger partial charge in [0.25, 0.3) is 0 Å². The largest absolute Gasteiger partial charge is 0.385 e. The Kier molecular flexibility index (Phi) is 8.94. The number of rotatable bonds is 5. The van der Waals surface area contributed by atoms with E-state index in [4.69, 9.17) is 4.74 Å². The smallest absolute Gasteiger partial charge is 0.142 e. The van der Waals surface area contributed by atoms with Gasteiger partial charge < -0.3 is 15.0 Å². The Morgan fingerprint density at radius 1 is 1.30 bits per heavy atom. The Morgan fingerprint density at radius 2 is 2.10 bits per heavy atom. The molecule has 4 rings (SSSR count). The van der Waals surface area contributed by atoms with E-state index in [0.29, 0.717) is 6.04 Å². The van der Waals surface area contributed by atoms with E-state index in [1.165, 1.54) is 11.1 Å². The summed E-state index contributed by atoms with van der Waals surface area (Å²) in [6.45, 7) is 5.77. The van der Waals surface area contributed by atoms with Crippen LogP contribution in [0.15, 0.2) is 18.3 Å². The molecular weight excluding hydrogens is 446 g/mol. The third-order valence-electron chi connectivity index (χ3n) is 5.56. The zero-order chi connectivity index (χ0) is 19.7. The maximum Gasteiger partial charge on any atom is 0.142 e. The van der Waals surface area contributed by atoms with Crippen molar-refractivity contribution in [1.29, 1.82) is 0 Å². The number of hydrogen-bond donors (Lipinski definition) is 1. The van der Waals surface area contributed by atoms with Crippen molar-refractivity contribution >= 4 is 53.0 Å². The van der Waals surface area contributed by atoms with E-state index in [9.17, 15) is 4.39 Å². The van der Waals surface area contributed by atoms with Crippen LogP contribution in [0.4, 0.5) is 9.39 Å². The van der Waals surface area contributed by atoms with Crippen molar-refractivity contribution in [1.82, 2.24) is 14.8 Å². The van der Waals surface area contributed by atoms with E-state index in [-0.39, 0.29) is 30.6 Å². The summed E-state index contributed by atoms with van der Waals surface area (Å²) in [5.74, 6) is -0.312. The molecule has 1 atom stereocenters. The average Bonchev–Trinajstić information content (AvgIpc) is 2.97. The first kappa shape index (κ1) is 24.9. The molecule has 0 amide bonds. The molecule has 30 heavy (non-hydrogen) atoms. The summed E-state index contributed by atoms with van der Waals surface area (Å²) in [4.78, 5) is 10.6. The predicted molar refractivity (Wildman–Crippen MR) is 127 cm³/mol. The highest BCUT2D eigenvalue weighted by molar-refractivity contribution is 7.16. The SMILES string of the molecule is COCCCC1CN(C2=c3ncc(F)cc3=CNc3sc(C)cc32)CCN1C.Cl.Cl. The van der Waals surface area contributed by atoms with Crippen molar-refractivity contribution in [2.24, 2.45) is 0 Å². The first-order valence-corrected chi connectivity index (χ1v) is 10.6. The van der Waals surface area contributed by atoms with E-state index < -0.39 is 0 Å². The van der Waals surface area contributed by atoms with Gasteiger partial charge in [-0.15, -0.1) is 36.2 Å². The minimum Gasteiger partial charge on any atom is -0.385 e. The number of anilines is 1. The zero-order valence-corrected chi connectivity index (χ0v) is 19.9. The molecule has 2 aliphatic rings. The highest BCUT2D eigenvalue weighted by Gasteiger charge is 2.28. The van der Waals surface area contributed by atoms with Crippen molar-refractivity contribution in [3.8, 4) is 0 Å². The Labute approximate surface area is 193 Å². The summed E-state index contributed by atoms with van der Waals surface area (Å²) in [6, 6.07) is 4.24. The van der Waals surface area contributed by atoms with Crippen LogP contribution in [0.3, 0.4) is 0 Å². The molecule has 2 aliphatic heterocycles. The van der Waals surface area contributed by atoms with Gasteiger partial charge in [0.05, 0.1) is 17.2 Å². The number of hydrogen-bond acceptors (Lipinski definition) is 6. The maximum absolute atomic E-state index is 13.9. The van der Waals surface area contributed by atoms with Gasteiger partial charge in [-0.1, -0.05) is 0 Å². The van der Waals surface area contributed by atoms with E-state index >= 15 is 0 Å². The van der Waals surface area contributed by atoms with Crippen LogP contribution >= 0.6 is 36.2 Å². The second-order valence-electron chi connectivity index (χ2n) is 7.54. The first-order chi connectivity index (χ1) is 13.6. The van der Waals surface area contributed by atoms with Crippen molar-refractivity contribution in [3.05, 3.63) is 45.2 Å². The predicted octanol–water partition coefficient (Wildman–Crippen LogP) is 2.80. The number of halogens is 3. The van der Waals surface area contributed by atoms with E-state index in [1.54, 1.807) is 24.5 Å². The van der Waals surface area contributed by atoms with Crippen LogP contribution in [0.1, 0.15) is 23.3 Å². The van der Waals surface area contributed by atoms with Gasteiger partial charge in [-0.25, -0.2) is 4.39 Å². The van der Waals surface area contributed by atoms with Gasteiger partial charge in [-0.2, -0.15) is 0 Å². The van der Waals surface area contributed by atoms with E-state index in [0.717, 1.165) is 65.9 Å². The highest BCUT2D eigenvalue weighted by Crippen LogP contribution is 2.35. The summed E-state index contributed by atoms with van der Waals surface area (Å²) in [6.07, 6.45) is 5.34. The van der Waals surface area contributed by atoms with Crippen LogP contribution in [-0.4, -0.2) is 61.2 Å². The molecule has 0 radical (unpaired) electrons. The lowest BCUT2D eigenvalue weighted by Crippen LogP contribution is -2.52. The molecule has 2 aromatic heterocycles. The third-order valence-corrected chi connectivity index (χ3v) is 6.54. The van der Waals surface area contributed by atoms with Crippen LogP contribution in [0.5, 0.6) is 0 Å². The van der Waals surface area contributed by atoms with Gasteiger partial charge in [0.15, 0.2) is 0 Å². The number of aromatic nitrogens is 1. The fourth-order valence-corrected chi connectivity index (χ4v) is 4.96. The number of piperazine rings is 1. The molecule has 0 bridgehead atoms. The molecule has 1 saturated heterocycles. The zero-order valence-electron chi connectivity index (χ0n) is 17.5. The molecule has 1 unspecified atom stereocenters. The fraction of sp³-hybridized carbons (Fsp3) is 0.476. The number of likely N-dealkylation sites (N-methyl/N-ethyl adjacent to an activating group) is 1. The average molecular weight is 475 g/mol. The molecule has 2 aromatic rings. The van der Waals surface area contributed by atoms with Crippen LogP contribution in [-0.2, 0) is 4.74 Å². The quantitative estimate of drug-likeness (QED) is 0.674. The van der Waals surface area contributed by atoms with Gasteiger partial charge in [0.1, 0.15) is 10.8 Å². The first-order valence-electron chi connectivity index (χ1n) is 9.74. The number of methoxy groups -OCH3 is 1. The van der Waals surface area contributed by atoms with Crippen molar-refractivity contribution in [2.75, 3.05) is 45.7 Å². The topological polar surface area (TPSA) is 40.6 Å². The van der Waals surface area contributed by atoms with Gasteiger partial charge in [0.2, 0.25) is 0 Å². The normalized spacial score (nSPS) is 18.2. The summed E-state index contributed by atoms with van der Waals surface area (Å²) in [5, 5.41) is 6.12. The minimum absolute atomic E-state index is 0. The fourth-order valence-electron chi connectivity index (χ4n) is 4.08. The van der Waals surface area contributed by atoms with Gasteiger partial charge in [0, 0.05) is 61.3 Å². The van der Waals surface area contributed by atoms with Crippen molar-refractivity contribution in [3.63, 3.8) is 0 Å². The molecule has 0 aromatic carbocycles. The lowest BCUT2D eigenvalue weighted by molar-refractivity contribution is 0.114. The molecule has 166 valence electrons. The lowest BCUT2D eigenvalue weighted by Gasteiger charge is -2.41. The molecule has 4 heterocycles. The molecule has 0 saturated carbocycles. The maximum atomic E-state index is 13.9. The van der Waals surface area contributed by atoms with Crippen molar-refractivity contribution in [2.45, 2.75) is 25.8 Å². The van der Waals surface area contributed by atoms with Gasteiger partial charge in [-0.3, -0.25) is 9.88 Å². The monoisotopic (exact) mass is 474 g/mol. The molecule has 1 fully saturated rings. The van der Waals surface area contributed by atoms with E-state index in [2.05, 4.69) is 40.1 Å². The van der Waals surface area contributed by atoms with Crippen LogP contribution in [0.25, 0.3) is 11.9 Å². The van der Waals surface area contributed by atoms with Crippen LogP contribution in [0, 0.1) is 12.7 Å². The number of thiophene rings is 1. The van der Waals surface area contributed by atoms with E-state index in [1.807, 2.05) is 6.20 Å². The summed E-state index contributed by atoms with van der Waals surface area (Å²) >= 11 is 1.73. The number of aryl methyl sites for hydroxylation is 1. The van der Waals surface area contributed by atoms with Gasteiger partial charge >= 0.3 is 0 Å². The molecular formula is C21H29Cl2FN4OS. The summed E-state index contributed by atoms with van der Waals surface area (Å²) in [5.41, 5.74) is 2.28. The number of pyridine rings is 1. The standard InChI is InChI=1S/C21H27FN4OS.2ClH/c1-14-9-18-20(26-7-6-25(2)17(13-26)5-4-8-27-3)19-15(10-16(22)12-23-19)11-24-21(18)28-14;;/h9-12,17,24H,4-8,13H2,1-3H3;2*1H. The van der Waals surface area contributed by atoms with Crippen molar-refractivity contribution < 1.29 is 9.13 Å². The Hall–Kier alpha value is -1.38. The number of fused-ring (bicyclic) bond motifs is 2. The number of nitrogens with zero attached hydrogens (tertiary/aromatic N) is 3.